The maximum absolute atomic E-state index is 10.5. The van der Waals surface area contributed by atoms with Crippen molar-refractivity contribution in [3.63, 3.8) is 0 Å². The van der Waals surface area contributed by atoms with Crippen LogP contribution in [-0.2, 0) is 11.2 Å². The fraction of sp³-hybridized carbons (Fsp3) is 0.214. The third-order valence-electron chi connectivity index (χ3n) is 2.54. The molecule has 0 saturated carbocycles. The molecule has 0 aliphatic rings. The predicted octanol–water partition coefficient (Wildman–Crippen LogP) is 2.59. The number of aromatic nitrogens is 2. The SMILES string of the molecule is Cc1ncc(Oc2ccc(CCC(=O)O)cc2)cn1. The number of benzene rings is 1. The number of ether oxygens (including phenoxy) is 1. The summed E-state index contributed by atoms with van der Waals surface area (Å²) in [6.45, 7) is 1.81. The number of carbonyl (C=O) groups is 1. The maximum Gasteiger partial charge on any atom is 0.303 e. The van der Waals surface area contributed by atoms with Crippen molar-refractivity contribution in [2.24, 2.45) is 0 Å². The molecule has 1 heterocycles. The number of aryl methyl sites for hydroxylation is 2. The van der Waals surface area contributed by atoms with Crippen molar-refractivity contribution in [1.29, 1.82) is 0 Å². The van der Waals surface area contributed by atoms with E-state index in [0.29, 0.717) is 23.7 Å². The van der Waals surface area contributed by atoms with E-state index in [1.54, 1.807) is 31.5 Å². The van der Waals surface area contributed by atoms with E-state index in [2.05, 4.69) is 9.97 Å². The van der Waals surface area contributed by atoms with Gasteiger partial charge in [0.1, 0.15) is 11.6 Å². The lowest BCUT2D eigenvalue weighted by Crippen LogP contribution is -1.97. The van der Waals surface area contributed by atoms with Gasteiger partial charge in [0.05, 0.1) is 12.4 Å². The van der Waals surface area contributed by atoms with Crippen LogP contribution in [0.3, 0.4) is 0 Å². The molecule has 0 bridgehead atoms. The molecule has 19 heavy (non-hydrogen) atoms. The minimum absolute atomic E-state index is 0.131. The van der Waals surface area contributed by atoms with E-state index in [9.17, 15) is 4.79 Å². The molecule has 0 fully saturated rings. The zero-order chi connectivity index (χ0) is 13.7. The van der Waals surface area contributed by atoms with Gasteiger partial charge >= 0.3 is 5.97 Å². The van der Waals surface area contributed by atoms with Crippen LogP contribution in [0.1, 0.15) is 17.8 Å². The first kappa shape index (κ1) is 13.0. The molecule has 2 aromatic rings. The topological polar surface area (TPSA) is 72.3 Å². The van der Waals surface area contributed by atoms with Crippen molar-refractivity contribution in [2.75, 3.05) is 0 Å². The Morgan fingerprint density at radius 3 is 2.37 bits per heavy atom. The second kappa shape index (κ2) is 5.95. The highest BCUT2D eigenvalue weighted by molar-refractivity contribution is 5.67. The Labute approximate surface area is 110 Å². The van der Waals surface area contributed by atoms with E-state index < -0.39 is 5.97 Å². The van der Waals surface area contributed by atoms with Crippen LogP contribution in [0.2, 0.25) is 0 Å². The lowest BCUT2D eigenvalue weighted by molar-refractivity contribution is -0.136. The molecule has 5 nitrogen and oxygen atoms in total. The van der Waals surface area contributed by atoms with Crippen molar-refractivity contribution < 1.29 is 14.6 Å². The van der Waals surface area contributed by atoms with Crippen LogP contribution in [0.5, 0.6) is 11.5 Å². The number of carboxylic acids is 1. The summed E-state index contributed by atoms with van der Waals surface area (Å²) in [4.78, 5) is 18.6. The Balaban J connectivity index is 1.98. The lowest BCUT2D eigenvalue weighted by Gasteiger charge is -2.06. The summed E-state index contributed by atoms with van der Waals surface area (Å²) in [5.74, 6) is 1.14. The first-order valence-electron chi connectivity index (χ1n) is 5.91. The number of hydrogen-bond acceptors (Lipinski definition) is 4. The molecule has 0 atom stereocenters. The van der Waals surface area contributed by atoms with Gasteiger partial charge in [-0.2, -0.15) is 0 Å². The molecule has 98 valence electrons. The summed E-state index contributed by atoms with van der Waals surface area (Å²) in [6, 6.07) is 7.31. The van der Waals surface area contributed by atoms with Crippen LogP contribution in [-0.4, -0.2) is 21.0 Å². The normalized spacial score (nSPS) is 10.2. The van der Waals surface area contributed by atoms with E-state index in [4.69, 9.17) is 9.84 Å². The Morgan fingerprint density at radius 2 is 1.79 bits per heavy atom. The van der Waals surface area contributed by atoms with Gasteiger partial charge in [0.15, 0.2) is 5.75 Å². The van der Waals surface area contributed by atoms with Crippen molar-refractivity contribution in [2.45, 2.75) is 19.8 Å². The summed E-state index contributed by atoms with van der Waals surface area (Å²) >= 11 is 0. The second-order valence-electron chi connectivity index (χ2n) is 4.11. The van der Waals surface area contributed by atoms with E-state index >= 15 is 0 Å². The summed E-state index contributed by atoms with van der Waals surface area (Å²) in [7, 11) is 0. The second-order valence-corrected chi connectivity index (χ2v) is 4.11. The van der Waals surface area contributed by atoms with Crippen LogP contribution >= 0.6 is 0 Å². The standard InChI is InChI=1S/C14H14N2O3/c1-10-15-8-13(9-16-10)19-12-5-2-11(3-6-12)4-7-14(17)18/h2-3,5-6,8-9H,4,7H2,1H3,(H,17,18). The van der Waals surface area contributed by atoms with Gasteiger partial charge in [-0.1, -0.05) is 12.1 Å². The highest BCUT2D eigenvalue weighted by Crippen LogP contribution is 2.20. The molecule has 5 heteroatoms. The first-order valence-corrected chi connectivity index (χ1v) is 5.91. The van der Waals surface area contributed by atoms with Gasteiger partial charge < -0.3 is 9.84 Å². The highest BCUT2D eigenvalue weighted by atomic mass is 16.5. The Kier molecular flexibility index (Phi) is 4.07. The quantitative estimate of drug-likeness (QED) is 0.892. The highest BCUT2D eigenvalue weighted by Gasteiger charge is 2.01. The molecule has 0 unspecified atom stereocenters. The Morgan fingerprint density at radius 1 is 1.16 bits per heavy atom. The predicted molar refractivity (Wildman–Crippen MR) is 69.2 cm³/mol. The van der Waals surface area contributed by atoms with Gasteiger partial charge in [-0.05, 0) is 31.0 Å². The molecular formula is C14H14N2O3. The lowest BCUT2D eigenvalue weighted by atomic mass is 10.1. The van der Waals surface area contributed by atoms with Crippen LogP contribution in [0.4, 0.5) is 0 Å². The smallest absolute Gasteiger partial charge is 0.303 e. The van der Waals surface area contributed by atoms with Crippen molar-refractivity contribution in [3.8, 4) is 11.5 Å². The fourth-order valence-corrected chi connectivity index (χ4v) is 1.54. The summed E-state index contributed by atoms with van der Waals surface area (Å²) in [5, 5.41) is 8.61. The van der Waals surface area contributed by atoms with Gasteiger partial charge in [0.2, 0.25) is 0 Å². The Hall–Kier alpha value is -2.43. The van der Waals surface area contributed by atoms with E-state index in [-0.39, 0.29) is 6.42 Å². The number of hydrogen-bond donors (Lipinski definition) is 1. The number of carboxylic acid groups (broad SMARTS) is 1. The van der Waals surface area contributed by atoms with Crippen LogP contribution in [0.15, 0.2) is 36.7 Å². The molecular weight excluding hydrogens is 244 g/mol. The monoisotopic (exact) mass is 258 g/mol. The molecule has 0 radical (unpaired) electrons. The maximum atomic E-state index is 10.5. The molecule has 0 amide bonds. The van der Waals surface area contributed by atoms with E-state index in [0.717, 1.165) is 5.56 Å². The molecule has 0 aliphatic carbocycles. The van der Waals surface area contributed by atoms with E-state index in [1.165, 1.54) is 0 Å². The van der Waals surface area contributed by atoms with Crippen LogP contribution in [0, 0.1) is 6.92 Å². The van der Waals surface area contributed by atoms with Gasteiger partial charge in [-0.25, -0.2) is 9.97 Å². The fourth-order valence-electron chi connectivity index (χ4n) is 1.54. The van der Waals surface area contributed by atoms with Gasteiger partial charge in [0.25, 0.3) is 0 Å². The van der Waals surface area contributed by atoms with Gasteiger partial charge in [-0.3, -0.25) is 4.79 Å². The molecule has 2 rings (SSSR count). The molecule has 1 aromatic heterocycles. The zero-order valence-corrected chi connectivity index (χ0v) is 10.5. The van der Waals surface area contributed by atoms with E-state index in [1.807, 2.05) is 12.1 Å². The third kappa shape index (κ3) is 4.06. The summed E-state index contributed by atoms with van der Waals surface area (Å²) in [5.41, 5.74) is 0.968. The largest absolute Gasteiger partial charge is 0.481 e. The summed E-state index contributed by atoms with van der Waals surface area (Å²) in [6.07, 6.45) is 3.87. The van der Waals surface area contributed by atoms with Gasteiger partial charge in [-0.15, -0.1) is 0 Å². The van der Waals surface area contributed by atoms with Crippen LogP contribution in [0.25, 0.3) is 0 Å². The molecule has 0 saturated heterocycles. The molecule has 1 N–H and O–H groups in total. The first-order chi connectivity index (χ1) is 9.13. The number of nitrogens with zero attached hydrogens (tertiary/aromatic N) is 2. The van der Waals surface area contributed by atoms with Crippen LogP contribution < -0.4 is 4.74 Å². The van der Waals surface area contributed by atoms with Crippen molar-refractivity contribution in [3.05, 3.63) is 48.0 Å². The zero-order valence-electron chi connectivity index (χ0n) is 10.5. The third-order valence-corrected chi connectivity index (χ3v) is 2.54. The minimum Gasteiger partial charge on any atom is -0.481 e. The Bertz CT molecular complexity index is 550. The average molecular weight is 258 g/mol. The van der Waals surface area contributed by atoms with Crippen molar-refractivity contribution in [1.82, 2.24) is 9.97 Å². The number of aliphatic carboxylic acids is 1. The van der Waals surface area contributed by atoms with Crippen molar-refractivity contribution >= 4 is 5.97 Å². The van der Waals surface area contributed by atoms with Gasteiger partial charge in [0, 0.05) is 6.42 Å². The average Bonchev–Trinajstić information content (AvgIpc) is 2.40. The molecule has 0 spiro atoms. The molecule has 1 aromatic carbocycles. The minimum atomic E-state index is -0.794. The summed E-state index contributed by atoms with van der Waals surface area (Å²) < 4.78 is 5.57. The molecule has 0 aliphatic heterocycles. The number of rotatable bonds is 5.